The summed E-state index contributed by atoms with van der Waals surface area (Å²) in [6.07, 6.45) is 0.282. The summed E-state index contributed by atoms with van der Waals surface area (Å²) in [6, 6.07) is 4.39. The van der Waals surface area contributed by atoms with E-state index in [1.165, 1.54) is 0 Å². The molecule has 5 rings (SSSR count). The molecule has 4 heterocycles. The van der Waals surface area contributed by atoms with Gasteiger partial charge in [0.25, 0.3) is 11.8 Å². The van der Waals surface area contributed by atoms with Crippen molar-refractivity contribution in [3.05, 3.63) is 29.3 Å². The van der Waals surface area contributed by atoms with E-state index < -0.39 is 23.8 Å². The highest BCUT2D eigenvalue weighted by Crippen LogP contribution is 2.34. The van der Waals surface area contributed by atoms with Gasteiger partial charge >= 0.3 is 0 Å². The van der Waals surface area contributed by atoms with Crippen LogP contribution in [-0.4, -0.2) is 110 Å². The molecule has 0 spiro atoms. The highest BCUT2D eigenvalue weighted by Gasteiger charge is 2.46. The van der Waals surface area contributed by atoms with Crippen LogP contribution in [0.4, 0.5) is 5.69 Å². The zero-order chi connectivity index (χ0) is 22.9. The van der Waals surface area contributed by atoms with E-state index in [4.69, 9.17) is 0 Å². The van der Waals surface area contributed by atoms with Gasteiger partial charge in [0.1, 0.15) is 6.04 Å². The Morgan fingerprint density at radius 3 is 2.24 bits per heavy atom. The van der Waals surface area contributed by atoms with Gasteiger partial charge in [-0.1, -0.05) is 6.07 Å². The monoisotopic (exact) mass is 454 g/mol. The van der Waals surface area contributed by atoms with Crippen LogP contribution in [0.15, 0.2) is 18.2 Å². The standard InChI is InChI=1S/C23H30N6O4/c30-19-5-4-18(21(31)25-19)29-22(32)16-2-1-3-17(20(16)23(29)33)28-14-12-27(13-15-28)11-10-26-8-6-24-7-9-26/h1-3,18,24H,4-15H2,(H,25,30,31). The van der Waals surface area contributed by atoms with Gasteiger partial charge in [0.05, 0.1) is 16.8 Å². The number of nitrogens with zero attached hydrogens (tertiary/aromatic N) is 4. The van der Waals surface area contributed by atoms with Gasteiger partial charge in [-0.3, -0.25) is 39.2 Å². The van der Waals surface area contributed by atoms with Gasteiger partial charge in [-0.15, -0.1) is 0 Å². The third kappa shape index (κ3) is 4.25. The smallest absolute Gasteiger partial charge is 0.264 e. The summed E-state index contributed by atoms with van der Waals surface area (Å²) in [5.74, 6) is -1.86. The number of hydrogen-bond acceptors (Lipinski definition) is 8. The van der Waals surface area contributed by atoms with Crippen LogP contribution >= 0.6 is 0 Å². The van der Waals surface area contributed by atoms with Crippen molar-refractivity contribution in [1.82, 2.24) is 25.3 Å². The quantitative estimate of drug-likeness (QED) is 0.553. The van der Waals surface area contributed by atoms with Gasteiger partial charge < -0.3 is 10.2 Å². The van der Waals surface area contributed by atoms with E-state index in [0.717, 1.165) is 76.0 Å². The maximum absolute atomic E-state index is 13.3. The normalized spacial score (nSPS) is 24.9. The third-order valence-corrected chi connectivity index (χ3v) is 7.10. The number of carbonyl (C=O) groups excluding carboxylic acids is 4. The minimum atomic E-state index is -0.940. The average molecular weight is 455 g/mol. The molecule has 3 saturated heterocycles. The first-order chi connectivity index (χ1) is 16.0. The number of piperidine rings is 1. The Morgan fingerprint density at radius 2 is 1.55 bits per heavy atom. The van der Waals surface area contributed by atoms with E-state index in [0.29, 0.717) is 11.1 Å². The largest absolute Gasteiger partial charge is 0.368 e. The molecule has 4 aliphatic heterocycles. The van der Waals surface area contributed by atoms with Crippen molar-refractivity contribution in [2.24, 2.45) is 0 Å². The van der Waals surface area contributed by atoms with Gasteiger partial charge in [0.2, 0.25) is 11.8 Å². The fraction of sp³-hybridized carbons (Fsp3) is 0.565. The van der Waals surface area contributed by atoms with Crippen LogP contribution in [0, 0.1) is 0 Å². The van der Waals surface area contributed by atoms with Gasteiger partial charge in [-0.25, -0.2) is 0 Å². The lowest BCUT2D eigenvalue weighted by Gasteiger charge is -2.38. The molecule has 4 amide bonds. The van der Waals surface area contributed by atoms with Crippen LogP contribution in [0.1, 0.15) is 33.6 Å². The second-order valence-corrected chi connectivity index (χ2v) is 9.07. The van der Waals surface area contributed by atoms with Gasteiger partial charge in [-0.05, 0) is 18.6 Å². The lowest BCUT2D eigenvalue weighted by molar-refractivity contribution is -0.136. The van der Waals surface area contributed by atoms with Gasteiger partial charge in [-0.2, -0.15) is 0 Å². The summed E-state index contributed by atoms with van der Waals surface area (Å²) in [6.45, 7) is 9.73. The van der Waals surface area contributed by atoms with Crippen LogP contribution in [0.2, 0.25) is 0 Å². The number of anilines is 1. The van der Waals surface area contributed by atoms with E-state index in [1.807, 2.05) is 6.07 Å². The molecule has 33 heavy (non-hydrogen) atoms. The number of piperazine rings is 2. The number of amides is 4. The molecule has 4 aliphatic rings. The first kappa shape index (κ1) is 22.0. The van der Waals surface area contributed by atoms with Crippen molar-refractivity contribution in [2.75, 3.05) is 70.3 Å². The molecule has 0 aromatic heterocycles. The highest BCUT2D eigenvalue weighted by molar-refractivity contribution is 6.25. The van der Waals surface area contributed by atoms with Gasteiger partial charge in [0.15, 0.2) is 0 Å². The van der Waals surface area contributed by atoms with Gasteiger partial charge in [0, 0.05) is 71.9 Å². The highest BCUT2D eigenvalue weighted by atomic mass is 16.2. The third-order valence-electron chi connectivity index (χ3n) is 7.10. The van der Waals surface area contributed by atoms with Crippen LogP contribution in [0.5, 0.6) is 0 Å². The van der Waals surface area contributed by atoms with Crippen molar-refractivity contribution in [2.45, 2.75) is 18.9 Å². The summed E-state index contributed by atoms with van der Waals surface area (Å²) in [7, 11) is 0. The number of imide groups is 2. The minimum Gasteiger partial charge on any atom is -0.368 e. The molecule has 0 radical (unpaired) electrons. The number of rotatable bonds is 5. The lowest BCUT2D eigenvalue weighted by atomic mass is 10.0. The Bertz CT molecular complexity index is 968. The Hall–Kier alpha value is -2.82. The number of carbonyl (C=O) groups is 4. The molecule has 3 fully saturated rings. The molecule has 0 aliphatic carbocycles. The number of benzene rings is 1. The first-order valence-corrected chi connectivity index (χ1v) is 11.8. The predicted octanol–water partition coefficient (Wildman–Crippen LogP) is -0.885. The maximum atomic E-state index is 13.3. The predicted molar refractivity (Wildman–Crippen MR) is 121 cm³/mol. The van der Waals surface area contributed by atoms with E-state index >= 15 is 0 Å². The molecule has 1 unspecified atom stereocenters. The van der Waals surface area contributed by atoms with E-state index in [9.17, 15) is 19.2 Å². The molecule has 10 nitrogen and oxygen atoms in total. The summed E-state index contributed by atoms with van der Waals surface area (Å²) in [5, 5.41) is 5.62. The Kier molecular flexibility index (Phi) is 6.13. The lowest BCUT2D eigenvalue weighted by Crippen LogP contribution is -2.54. The number of nitrogens with one attached hydrogen (secondary N) is 2. The molecular weight excluding hydrogens is 424 g/mol. The Labute approximate surface area is 192 Å². The molecule has 1 atom stereocenters. The van der Waals surface area contributed by atoms with Crippen molar-refractivity contribution in [3.8, 4) is 0 Å². The molecule has 1 aromatic rings. The summed E-state index contributed by atoms with van der Waals surface area (Å²) >= 11 is 0. The number of hydrogen-bond donors (Lipinski definition) is 2. The summed E-state index contributed by atoms with van der Waals surface area (Å²) < 4.78 is 0. The minimum absolute atomic E-state index is 0.118. The zero-order valence-electron chi connectivity index (χ0n) is 18.7. The van der Waals surface area contributed by atoms with Crippen molar-refractivity contribution >= 4 is 29.3 Å². The van der Waals surface area contributed by atoms with E-state index in [-0.39, 0.29) is 18.7 Å². The van der Waals surface area contributed by atoms with Crippen molar-refractivity contribution < 1.29 is 19.2 Å². The van der Waals surface area contributed by atoms with Crippen LogP contribution in [-0.2, 0) is 9.59 Å². The topological polar surface area (TPSA) is 105 Å². The van der Waals surface area contributed by atoms with Crippen LogP contribution < -0.4 is 15.5 Å². The second kappa shape index (κ2) is 9.20. The summed E-state index contributed by atoms with van der Waals surface area (Å²) in [5.41, 5.74) is 1.47. The first-order valence-electron chi connectivity index (χ1n) is 11.8. The average Bonchev–Trinajstić information content (AvgIpc) is 3.09. The second-order valence-electron chi connectivity index (χ2n) is 9.07. The molecule has 10 heteroatoms. The fourth-order valence-electron chi connectivity index (χ4n) is 5.19. The SMILES string of the molecule is O=C1CCC(N2C(=O)c3cccc(N4CCN(CCN5CCNCC5)CC4)c3C2=O)C(=O)N1. The van der Waals surface area contributed by atoms with Crippen LogP contribution in [0.25, 0.3) is 0 Å². The molecule has 1 aromatic carbocycles. The molecule has 0 saturated carbocycles. The maximum Gasteiger partial charge on any atom is 0.264 e. The Balaban J connectivity index is 1.26. The molecule has 176 valence electrons. The van der Waals surface area contributed by atoms with E-state index in [2.05, 4.69) is 25.3 Å². The molecule has 0 bridgehead atoms. The zero-order valence-corrected chi connectivity index (χ0v) is 18.7. The van der Waals surface area contributed by atoms with Crippen LogP contribution in [0.3, 0.4) is 0 Å². The Morgan fingerprint density at radius 1 is 0.848 bits per heavy atom. The molecular formula is C23H30N6O4. The fourth-order valence-corrected chi connectivity index (χ4v) is 5.19. The van der Waals surface area contributed by atoms with E-state index in [1.54, 1.807) is 12.1 Å². The summed E-state index contributed by atoms with van der Waals surface area (Å²) in [4.78, 5) is 58.4. The molecule has 2 N–H and O–H groups in total. The number of fused-ring (bicyclic) bond motifs is 1. The van der Waals surface area contributed by atoms with Crippen molar-refractivity contribution in [1.29, 1.82) is 0 Å². The van der Waals surface area contributed by atoms with Crippen molar-refractivity contribution in [3.63, 3.8) is 0 Å².